The van der Waals surface area contributed by atoms with Crippen LogP contribution in [0.25, 0.3) is 0 Å². The van der Waals surface area contributed by atoms with Crippen molar-refractivity contribution < 1.29 is 19.4 Å². The average molecular weight is 288 g/mol. The Morgan fingerprint density at radius 2 is 1.95 bits per heavy atom. The Labute approximate surface area is 119 Å². The van der Waals surface area contributed by atoms with Gasteiger partial charge in [-0.05, 0) is 12.1 Å². The lowest BCUT2D eigenvalue weighted by molar-refractivity contribution is 0.0602. The van der Waals surface area contributed by atoms with Crippen LogP contribution in [0.1, 0.15) is 20.7 Å². The number of methoxy groups -OCH3 is 1. The van der Waals surface area contributed by atoms with Gasteiger partial charge in [0.2, 0.25) is 0 Å². The highest BCUT2D eigenvalue weighted by Gasteiger charge is 2.15. The molecule has 0 spiro atoms. The molecule has 0 aliphatic carbocycles. The zero-order valence-electron chi connectivity index (χ0n) is 11.0. The van der Waals surface area contributed by atoms with E-state index in [1.165, 1.54) is 19.2 Å². The number of rotatable bonds is 3. The number of pyridine rings is 1. The van der Waals surface area contributed by atoms with Crippen LogP contribution in [-0.4, -0.2) is 29.1 Å². The number of hydrogen-bond acceptors (Lipinski definition) is 5. The first-order chi connectivity index (χ1) is 10.0. The molecule has 0 atom stereocenters. The number of H-pyrrole nitrogens is 1. The van der Waals surface area contributed by atoms with Crippen LogP contribution in [0.4, 0.5) is 5.69 Å². The van der Waals surface area contributed by atoms with Crippen molar-refractivity contribution in [1.82, 2.24) is 4.98 Å². The highest BCUT2D eigenvalue weighted by molar-refractivity contribution is 6.08. The second-order valence-electron chi connectivity index (χ2n) is 4.11. The molecule has 7 heteroatoms. The third-order valence-corrected chi connectivity index (χ3v) is 2.67. The minimum absolute atomic E-state index is 0.0316. The second-order valence-corrected chi connectivity index (χ2v) is 4.11. The van der Waals surface area contributed by atoms with E-state index in [2.05, 4.69) is 15.0 Å². The molecule has 2 aromatic rings. The van der Waals surface area contributed by atoms with Gasteiger partial charge in [0.05, 0.1) is 23.9 Å². The summed E-state index contributed by atoms with van der Waals surface area (Å²) in [6.07, 6.45) is 0. The molecule has 0 radical (unpaired) electrons. The van der Waals surface area contributed by atoms with Gasteiger partial charge in [-0.15, -0.1) is 0 Å². The molecule has 0 saturated carbocycles. The van der Waals surface area contributed by atoms with E-state index in [-0.39, 0.29) is 16.8 Å². The van der Waals surface area contributed by atoms with Crippen molar-refractivity contribution in [2.24, 2.45) is 0 Å². The van der Waals surface area contributed by atoms with Crippen molar-refractivity contribution >= 4 is 17.6 Å². The van der Waals surface area contributed by atoms with Crippen molar-refractivity contribution in [2.45, 2.75) is 0 Å². The van der Waals surface area contributed by atoms with Crippen LogP contribution < -0.4 is 10.9 Å². The van der Waals surface area contributed by atoms with E-state index in [9.17, 15) is 19.5 Å². The summed E-state index contributed by atoms with van der Waals surface area (Å²) >= 11 is 0. The van der Waals surface area contributed by atoms with E-state index in [1.807, 2.05) is 0 Å². The number of anilines is 1. The van der Waals surface area contributed by atoms with Crippen molar-refractivity contribution in [3.63, 3.8) is 0 Å². The van der Waals surface area contributed by atoms with Crippen LogP contribution in [0.15, 0.2) is 41.2 Å². The topological polar surface area (TPSA) is 108 Å². The monoisotopic (exact) mass is 288 g/mol. The molecule has 21 heavy (non-hydrogen) atoms. The molecule has 7 nitrogen and oxygen atoms in total. The number of para-hydroxylation sites is 1. The van der Waals surface area contributed by atoms with Crippen LogP contribution in [0.5, 0.6) is 5.88 Å². The van der Waals surface area contributed by atoms with Crippen LogP contribution in [-0.2, 0) is 4.74 Å². The Bertz CT molecular complexity index is 751. The van der Waals surface area contributed by atoms with Crippen LogP contribution >= 0.6 is 0 Å². The number of esters is 1. The minimum atomic E-state index is -0.632. The lowest BCUT2D eigenvalue weighted by Crippen LogP contribution is -2.17. The lowest BCUT2D eigenvalue weighted by atomic mass is 10.1. The third kappa shape index (κ3) is 3.27. The maximum absolute atomic E-state index is 12.1. The molecular formula is C14H12N2O5. The molecule has 0 saturated heterocycles. The first kappa shape index (κ1) is 14.3. The molecule has 2 rings (SSSR count). The molecule has 108 valence electrons. The quantitative estimate of drug-likeness (QED) is 0.733. The Kier molecular flexibility index (Phi) is 4.03. The van der Waals surface area contributed by atoms with Gasteiger partial charge < -0.3 is 15.2 Å². The van der Waals surface area contributed by atoms with Gasteiger partial charge in [0.25, 0.3) is 11.5 Å². The number of carbonyl (C=O) groups is 2. The van der Waals surface area contributed by atoms with E-state index < -0.39 is 23.3 Å². The number of nitrogens with one attached hydrogen (secondary N) is 2. The summed E-state index contributed by atoms with van der Waals surface area (Å²) < 4.78 is 4.62. The molecular weight excluding hydrogens is 276 g/mol. The van der Waals surface area contributed by atoms with Gasteiger partial charge in [-0.2, -0.15) is 0 Å². The first-order valence-corrected chi connectivity index (χ1v) is 5.93. The van der Waals surface area contributed by atoms with Crippen molar-refractivity contribution in [1.29, 1.82) is 0 Å². The molecule has 1 aromatic heterocycles. The van der Waals surface area contributed by atoms with Crippen LogP contribution in [0, 0.1) is 0 Å². The van der Waals surface area contributed by atoms with Gasteiger partial charge >= 0.3 is 5.97 Å². The molecule has 0 fully saturated rings. The van der Waals surface area contributed by atoms with E-state index in [0.717, 1.165) is 12.1 Å². The number of hydrogen-bond donors (Lipinski definition) is 3. The van der Waals surface area contributed by atoms with Crippen LogP contribution in [0.2, 0.25) is 0 Å². The Hall–Kier alpha value is -3.09. The van der Waals surface area contributed by atoms with Crippen molar-refractivity contribution in [2.75, 3.05) is 12.4 Å². The first-order valence-electron chi connectivity index (χ1n) is 5.93. The molecule has 3 N–H and O–H groups in total. The Balaban J connectivity index is 2.32. The largest absolute Gasteiger partial charge is 0.494 e. The maximum atomic E-state index is 12.1. The fourth-order valence-electron chi connectivity index (χ4n) is 1.73. The number of aromatic nitrogens is 1. The van der Waals surface area contributed by atoms with Gasteiger partial charge in [0, 0.05) is 12.1 Å². The predicted molar refractivity (Wildman–Crippen MR) is 74.5 cm³/mol. The fourth-order valence-corrected chi connectivity index (χ4v) is 1.73. The number of ether oxygens (including phenoxy) is 1. The summed E-state index contributed by atoms with van der Waals surface area (Å²) in [5, 5.41) is 11.8. The number of aromatic amines is 1. The third-order valence-electron chi connectivity index (χ3n) is 2.67. The summed E-state index contributed by atoms with van der Waals surface area (Å²) in [6.45, 7) is 0. The molecule has 0 aliphatic rings. The number of aromatic hydroxyl groups is 1. The van der Waals surface area contributed by atoms with Gasteiger partial charge in [0.15, 0.2) is 5.88 Å². The summed E-state index contributed by atoms with van der Waals surface area (Å²) in [5.41, 5.74) is -0.214. The highest BCUT2D eigenvalue weighted by Crippen LogP contribution is 2.17. The van der Waals surface area contributed by atoms with Crippen molar-refractivity contribution in [3.8, 4) is 5.88 Å². The summed E-state index contributed by atoms with van der Waals surface area (Å²) in [6, 6.07) is 8.43. The molecule has 0 unspecified atom stereocenters. The highest BCUT2D eigenvalue weighted by atomic mass is 16.5. The van der Waals surface area contributed by atoms with Gasteiger partial charge in [0.1, 0.15) is 0 Å². The standard InChI is InChI=1S/C14H12N2O5/c1-21-14(20)9-4-2-3-5-10(9)15-13(19)8-6-11(17)16-12(18)7-8/h2-7H,1H3,(H,15,19)(H2,16,17,18). The smallest absolute Gasteiger partial charge is 0.339 e. The predicted octanol–water partition coefficient (Wildman–Crippen LogP) is 1.12. The molecule has 1 heterocycles. The SMILES string of the molecule is COC(=O)c1ccccc1NC(=O)c1cc(O)[nH]c(=O)c1. The summed E-state index contributed by atoms with van der Waals surface area (Å²) in [7, 11) is 1.23. The molecule has 1 aromatic carbocycles. The van der Waals surface area contributed by atoms with E-state index in [4.69, 9.17) is 0 Å². The normalized spacial score (nSPS) is 9.95. The van der Waals surface area contributed by atoms with Gasteiger partial charge in [-0.25, -0.2) is 4.79 Å². The Morgan fingerprint density at radius 1 is 1.24 bits per heavy atom. The second kappa shape index (κ2) is 5.91. The van der Waals surface area contributed by atoms with E-state index in [1.54, 1.807) is 12.1 Å². The molecule has 1 amide bonds. The van der Waals surface area contributed by atoms with Crippen molar-refractivity contribution in [3.05, 3.63) is 57.9 Å². The minimum Gasteiger partial charge on any atom is -0.494 e. The number of carbonyl (C=O) groups excluding carboxylic acids is 2. The van der Waals surface area contributed by atoms with E-state index >= 15 is 0 Å². The lowest BCUT2D eigenvalue weighted by Gasteiger charge is -2.09. The summed E-state index contributed by atoms with van der Waals surface area (Å²) in [5.74, 6) is -1.65. The fraction of sp³-hybridized carbons (Fsp3) is 0.0714. The maximum Gasteiger partial charge on any atom is 0.339 e. The number of amides is 1. The number of benzene rings is 1. The van der Waals surface area contributed by atoms with Gasteiger partial charge in [-0.3, -0.25) is 14.6 Å². The molecule has 0 aliphatic heterocycles. The Morgan fingerprint density at radius 3 is 2.62 bits per heavy atom. The molecule has 0 bridgehead atoms. The average Bonchev–Trinajstić information content (AvgIpc) is 2.46. The van der Waals surface area contributed by atoms with Gasteiger partial charge in [-0.1, -0.05) is 12.1 Å². The van der Waals surface area contributed by atoms with E-state index in [0.29, 0.717) is 0 Å². The zero-order chi connectivity index (χ0) is 15.4. The summed E-state index contributed by atoms with van der Waals surface area (Å²) in [4.78, 5) is 37.0. The van der Waals surface area contributed by atoms with Crippen LogP contribution in [0.3, 0.4) is 0 Å². The zero-order valence-corrected chi connectivity index (χ0v) is 11.0.